The minimum Gasteiger partial charge on any atom is -0.329 e. The second-order valence-electron chi connectivity index (χ2n) is 4.12. The maximum absolute atomic E-state index is 5.44. The van der Waals surface area contributed by atoms with Gasteiger partial charge >= 0.3 is 0 Å². The molecular weight excluding hydrogens is 344 g/mol. The molecule has 0 aliphatic rings. The first-order valence-electron chi connectivity index (χ1n) is 5.86. The molecule has 0 aliphatic carbocycles. The van der Waals surface area contributed by atoms with Crippen molar-refractivity contribution in [1.82, 2.24) is 19.5 Å². The van der Waals surface area contributed by atoms with E-state index in [0.29, 0.717) is 4.77 Å². The van der Waals surface area contributed by atoms with Gasteiger partial charge in [-0.1, -0.05) is 6.92 Å². The molecule has 19 heavy (non-hydrogen) atoms. The Kier molecular flexibility index (Phi) is 3.51. The summed E-state index contributed by atoms with van der Waals surface area (Å²) in [4.78, 5) is 12.1. The molecule has 3 rings (SSSR count). The summed E-state index contributed by atoms with van der Waals surface area (Å²) in [6, 6.07) is 2.12. The fourth-order valence-electron chi connectivity index (χ4n) is 2.14. The van der Waals surface area contributed by atoms with Gasteiger partial charge in [-0.2, -0.15) is 0 Å². The summed E-state index contributed by atoms with van der Waals surface area (Å²) >= 11 is 10.5. The van der Waals surface area contributed by atoms with Gasteiger partial charge in [-0.05, 0) is 40.6 Å². The molecule has 1 N–H and O–H groups in total. The highest BCUT2D eigenvalue weighted by Crippen LogP contribution is 2.28. The molecule has 0 amide bonds. The fourth-order valence-corrected chi connectivity index (χ4v) is 3.61. The highest BCUT2D eigenvalue weighted by atomic mass is 79.9. The number of thiazole rings is 1. The minimum absolute atomic E-state index is 0.134. The molecule has 3 aromatic rings. The Morgan fingerprint density at radius 1 is 1.53 bits per heavy atom. The number of halogens is 1. The van der Waals surface area contributed by atoms with Crippen molar-refractivity contribution in [2.45, 2.75) is 19.4 Å². The Morgan fingerprint density at radius 2 is 2.37 bits per heavy atom. The molecule has 0 radical (unpaired) electrons. The molecule has 0 saturated carbocycles. The number of aromatic amines is 1. The van der Waals surface area contributed by atoms with E-state index in [1.165, 1.54) is 0 Å². The lowest BCUT2D eigenvalue weighted by Crippen LogP contribution is -2.10. The van der Waals surface area contributed by atoms with E-state index in [1.807, 2.05) is 17.6 Å². The fraction of sp³-hybridized carbons (Fsp3) is 0.250. The first-order chi connectivity index (χ1) is 9.20. The van der Waals surface area contributed by atoms with Crippen LogP contribution in [-0.2, 0) is 0 Å². The monoisotopic (exact) mass is 354 g/mol. The van der Waals surface area contributed by atoms with Crippen LogP contribution in [0.5, 0.6) is 0 Å². The van der Waals surface area contributed by atoms with E-state index in [1.54, 1.807) is 17.5 Å². The van der Waals surface area contributed by atoms with Crippen LogP contribution < -0.4 is 0 Å². The third kappa shape index (κ3) is 2.26. The number of imidazole rings is 1. The predicted molar refractivity (Wildman–Crippen MR) is 83.2 cm³/mol. The average Bonchev–Trinajstić information content (AvgIpc) is 2.99. The van der Waals surface area contributed by atoms with Crippen molar-refractivity contribution in [3.8, 4) is 0 Å². The second kappa shape index (κ2) is 5.15. The molecule has 0 fully saturated rings. The number of fused-ring (bicyclic) bond motifs is 1. The number of nitrogens with one attached hydrogen (secondary N) is 1. The van der Waals surface area contributed by atoms with Gasteiger partial charge in [-0.25, -0.2) is 9.97 Å². The van der Waals surface area contributed by atoms with Crippen molar-refractivity contribution in [2.24, 2.45) is 0 Å². The number of hydrogen-bond acceptors (Lipinski definition) is 4. The Labute approximate surface area is 127 Å². The van der Waals surface area contributed by atoms with Gasteiger partial charge in [0.1, 0.15) is 5.01 Å². The molecule has 0 aliphatic heterocycles. The zero-order chi connectivity index (χ0) is 13.4. The van der Waals surface area contributed by atoms with Crippen LogP contribution in [0, 0.1) is 4.77 Å². The highest BCUT2D eigenvalue weighted by Gasteiger charge is 2.18. The lowest BCUT2D eigenvalue weighted by atomic mass is 10.2. The summed E-state index contributed by atoms with van der Waals surface area (Å²) in [6.45, 7) is 2.13. The van der Waals surface area contributed by atoms with Crippen molar-refractivity contribution in [1.29, 1.82) is 0 Å². The van der Waals surface area contributed by atoms with Crippen molar-refractivity contribution in [2.75, 3.05) is 0 Å². The van der Waals surface area contributed by atoms with Gasteiger partial charge in [0, 0.05) is 22.2 Å². The van der Waals surface area contributed by atoms with Crippen molar-refractivity contribution in [3.05, 3.63) is 38.1 Å². The summed E-state index contributed by atoms with van der Waals surface area (Å²) in [5, 5.41) is 3.05. The molecule has 0 aromatic carbocycles. The van der Waals surface area contributed by atoms with Gasteiger partial charge in [0.05, 0.1) is 11.6 Å². The topological polar surface area (TPSA) is 46.5 Å². The van der Waals surface area contributed by atoms with Crippen LogP contribution in [0.25, 0.3) is 11.2 Å². The van der Waals surface area contributed by atoms with Crippen LogP contribution in [0.2, 0.25) is 0 Å². The van der Waals surface area contributed by atoms with Crippen molar-refractivity contribution >= 4 is 50.6 Å². The van der Waals surface area contributed by atoms with E-state index in [4.69, 9.17) is 12.2 Å². The van der Waals surface area contributed by atoms with E-state index in [2.05, 4.69) is 42.4 Å². The number of nitrogens with zero attached hydrogens (tertiary/aromatic N) is 3. The second-order valence-corrected chi connectivity index (χ2v) is 6.35. The number of pyridine rings is 1. The van der Waals surface area contributed by atoms with Gasteiger partial charge in [0.15, 0.2) is 10.4 Å². The minimum atomic E-state index is 0.134. The summed E-state index contributed by atoms with van der Waals surface area (Å²) in [5.41, 5.74) is 1.81. The number of hydrogen-bond donors (Lipinski definition) is 1. The molecule has 0 spiro atoms. The first-order valence-corrected chi connectivity index (χ1v) is 7.94. The Bertz CT molecular complexity index is 760. The van der Waals surface area contributed by atoms with E-state index in [-0.39, 0.29) is 6.04 Å². The number of rotatable bonds is 3. The van der Waals surface area contributed by atoms with E-state index in [0.717, 1.165) is 27.1 Å². The Hall–Kier alpha value is -1.05. The van der Waals surface area contributed by atoms with Gasteiger partial charge < -0.3 is 4.98 Å². The smallest absolute Gasteiger partial charge is 0.179 e. The summed E-state index contributed by atoms with van der Waals surface area (Å²) < 4.78 is 3.67. The van der Waals surface area contributed by atoms with Gasteiger partial charge in [-0.15, -0.1) is 11.3 Å². The summed E-state index contributed by atoms with van der Waals surface area (Å²) in [5.74, 6) is 0. The largest absolute Gasteiger partial charge is 0.329 e. The van der Waals surface area contributed by atoms with E-state index in [9.17, 15) is 0 Å². The van der Waals surface area contributed by atoms with E-state index < -0.39 is 0 Å². The number of aromatic nitrogens is 4. The molecule has 98 valence electrons. The molecule has 3 aromatic heterocycles. The quantitative estimate of drug-likeness (QED) is 0.712. The zero-order valence-corrected chi connectivity index (χ0v) is 13.3. The maximum Gasteiger partial charge on any atom is 0.179 e. The van der Waals surface area contributed by atoms with Crippen molar-refractivity contribution in [3.63, 3.8) is 0 Å². The average molecular weight is 355 g/mol. The maximum atomic E-state index is 5.44. The van der Waals surface area contributed by atoms with E-state index >= 15 is 0 Å². The van der Waals surface area contributed by atoms with Crippen LogP contribution >= 0.6 is 39.5 Å². The lowest BCUT2D eigenvalue weighted by molar-refractivity contribution is 0.568. The Morgan fingerprint density at radius 3 is 3.05 bits per heavy atom. The van der Waals surface area contributed by atoms with Crippen LogP contribution in [0.15, 0.2) is 28.3 Å². The van der Waals surface area contributed by atoms with Gasteiger partial charge in [0.25, 0.3) is 0 Å². The van der Waals surface area contributed by atoms with Gasteiger partial charge in [-0.3, -0.25) is 4.57 Å². The summed E-state index contributed by atoms with van der Waals surface area (Å²) in [6.07, 6.45) is 4.54. The molecular formula is C12H11BrN4S2. The Balaban J connectivity index is 2.24. The number of H-pyrrole nitrogens is 1. The van der Waals surface area contributed by atoms with Crippen LogP contribution in [0.4, 0.5) is 0 Å². The standard InChI is InChI=1S/C12H11BrN4S2/c1-2-9(11-14-3-4-19-11)17-10-8(16-12(17)18)5-7(13)6-15-10/h3-6,9H,2H2,1H3,(H,16,18). The first kappa shape index (κ1) is 13.0. The predicted octanol–water partition coefficient (Wildman–Crippen LogP) is 4.31. The molecule has 0 bridgehead atoms. The van der Waals surface area contributed by atoms with Crippen LogP contribution in [0.1, 0.15) is 24.4 Å². The molecule has 3 heterocycles. The normalized spacial score (nSPS) is 12.9. The third-order valence-corrected chi connectivity index (χ3v) is 4.57. The molecule has 0 saturated heterocycles. The van der Waals surface area contributed by atoms with Crippen LogP contribution in [0.3, 0.4) is 0 Å². The molecule has 4 nitrogen and oxygen atoms in total. The molecule has 1 atom stereocenters. The third-order valence-electron chi connectivity index (χ3n) is 2.96. The highest BCUT2D eigenvalue weighted by molar-refractivity contribution is 9.10. The van der Waals surface area contributed by atoms with Crippen molar-refractivity contribution < 1.29 is 0 Å². The SMILES string of the molecule is CCC(c1nccs1)n1c(=S)[nH]c2cc(Br)cnc21. The molecule has 7 heteroatoms. The lowest BCUT2D eigenvalue weighted by Gasteiger charge is -2.14. The zero-order valence-electron chi connectivity index (χ0n) is 10.1. The molecule has 1 unspecified atom stereocenters. The van der Waals surface area contributed by atoms with Gasteiger partial charge in [0.2, 0.25) is 0 Å². The van der Waals surface area contributed by atoms with Crippen LogP contribution in [-0.4, -0.2) is 19.5 Å². The summed E-state index contributed by atoms with van der Waals surface area (Å²) in [7, 11) is 0.